The number of aliphatic hydroxyl groups excluding tert-OH is 1. The Morgan fingerprint density at radius 3 is 2.95 bits per heavy atom. The first-order chi connectivity index (χ1) is 9.11. The van der Waals surface area contributed by atoms with Gasteiger partial charge in [-0.05, 0) is 38.1 Å². The fourth-order valence-corrected chi connectivity index (χ4v) is 2.66. The minimum atomic E-state index is -0.507. The first-order valence-electron chi connectivity index (χ1n) is 6.75. The third-order valence-electron chi connectivity index (χ3n) is 3.84. The van der Waals surface area contributed by atoms with Gasteiger partial charge in [0.2, 0.25) is 0 Å². The molecular formula is C15H23NO3. The van der Waals surface area contributed by atoms with Crippen LogP contribution in [-0.4, -0.2) is 49.5 Å². The molecule has 19 heavy (non-hydrogen) atoms. The molecule has 106 valence electrons. The van der Waals surface area contributed by atoms with E-state index in [1.54, 1.807) is 7.11 Å². The van der Waals surface area contributed by atoms with Crippen molar-refractivity contribution in [2.45, 2.75) is 31.6 Å². The van der Waals surface area contributed by atoms with Crippen LogP contribution >= 0.6 is 0 Å². The summed E-state index contributed by atoms with van der Waals surface area (Å²) in [6.07, 6.45) is 0.762. The number of nitrogens with zero attached hydrogens (tertiary/aromatic N) is 1. The van der Waals surface area contributed by atoms with E-state index in [0.717, 1.165) is 24.3 Å². The average Bonchev–Trinajstić information content (AvgIpc) is 2.85. The van der Waals surface area contributed by atoms with Crippen LogP contribution < -0.4 is 4.74 Å². The van der Waals surface area contributed by atoms with Gasteiger partial charge in [0.25, 0.3) is 0 Å². The summed E-state index contributed by atoms with van der Waals surface area (Å²) < 4.78 is 10.7. The molecule has 2 rings (SSSR count). The van der Waals surface area contributed by atoms with E-state index in [1.807, 2.05) is 31.3 Å². The lowest BCUT2D eigenvalue weighted by molar-refractivity contribution is 0.0578. The lowest BCUT2D eigenvalue weighted by Gasteiger charge is -2.28. The Bertz CT molecular complexity index is 410. The van der Waals surface area contributed by atoms with Gasteiger partial charge in [-0.25, -0.2) is 0 Å². The van der Waals surface area contributed by atoms with E-state index in [1.165, 1.54) is 0 Å². The summed E-state index contributed by atoms with van der Waals surface area (Å²) in [5.74, 6) is 0.775. The topological polar surface area (TPSA) is 41.9 Å². The highest BCUT2D eigenvalue weighted by atomic mass is 16.5. The van der Waals surface area contributed by atoms with Crippen molar-refractivity contribution >= 4 is 0 Å². The van der Waals surface area contributed by atoms with Crippen molar-refractivity contribution in [3.63, 3.8) is 0 Å². The van der Waals surface area contributed by atoms with E-state index < -0.39 is 6.10 Å². The van der Waals surface area contributed by atoms with Crippen LogP contribution in [0.4, 0.5) is 0 Å². The number of hydrogen-bond donors (Lipinski definition) is 1. The number of rotatable bonds is 5. The van der Waals surface area contributed by atoms with E-state index in [0.29, 0.717) is 12.6 Å². The van der Waals surface area contributed by atoms with Gasteiger partial charge in [0.15, 0.2) is 0 Å². The normalized spacial score (nSPS) is 24.7. The molecule has 1 aliphatic rings. The van der Waals surface area contributed by atoms with Crippen molar-refractivity contribution < 1.29 is 14.6 Å². The van der Waals surface area contributed by atoms with Crippen LogP contribution in [0.25, 0.3) is 0 Å². The van der Waals surface area contributed by atoms with Gasteiger partial charge in [-0.2, -0.15) is 0 Å². The number of methoxy groups -OCH3 is 1. The molecule has 1 heterocycles. The molecular weight excluding hydrogens is 242 g/mol. The molecule has 0 spiro atoms. The van der Waals surface area contributed by atoms with Gasteiger partial charge in [0, 0.05) is 19.2 Å². The van der Waals surface area contributed by atoms with E-state index in [2.05, 4.69) is 11.8 Å². The maximum absolute atomic E-state index is 10.3. The predicted molar refractivity (Wildman–Crippen MR) is 74.4 cm³/mol. The van der Waals surface area contributed by atoms with Gasteiger partial charge in [-0.3, -0.25) is 4.90 Å². The van der Waals surface area contributed by atoms with Crippen LogP contribution in [0.3, 0.4) is 0 Å². The quantitative estimate of drug-likeness (QED) is 0.882. The highest BCUT2D eigenvalue weighted by Crippen LogP contribution is 2.23. The molecule has 1 fully saturated rings. The number of aliphatic hydroxyl groups is 1. The number of ether oxygens (including phenoxy) is 2. The third kappa shape index (κ3) is 3.47. The van der Waals surface area contributed by atoms with Gasteiger partial charge in [-0.1, -0.05) is 12.1 Å². The highest BCUT2D eigenvalue weighted by molar-refractivity contribution is 5.29. The molecule has 1 aromatic carbocycles. The van der Waals surface area contributed by atoms with Crippen LogP contribution in [0.15, 0.2) is 24.3 Å². The SMILES string of the molecule is COc1cccc(C(O)CN(C)C2CCOC2C)c1. The van der Waals surface area contributed by atoms with Gasteiger partial charge in [-0.15, -0.1) is 0 Å². The van der Waals surface area contributed by atoms with Crippen LogP contribution in [0.1, 0.15) is 25.0 Å². The Hall–Kier alpha value is -1.10. The molecule has 0 radical (unpaired) electrons. The first-order valence-corrected chi connectivity index (χ1v) is 6.75. The van der Waals surface area contributed by atoms with E-state index >= 15 is 0 Å². The Kier molecular flexibility index (Phi) is 4.80. The summed E-state index contributed by atoms with van der Waals surface area (Å²) in [4.78, 5) is 2.18. The molecule has 0 aromatic heterocycles. The standard InChI is InChI=1S/C15H23NO3/c1-11-14(7-8-19-11)16(2)10-15(17)12-5-4-6-13(9-12)18-3/h4-6,9,11,14-15,17H,7-8,10H2,1-3H3. The summed E-state index contributed by atoms with van der Waals surface area (Å²) in [5, 5.41) is 10.3. The highest BCUT2D eigenvalue weighted by Gasteiger charge is 2.28. The second kappa shape index (κ2) is 6.37. The van der Waals surface area contributed by atoms with Gasteiger partial charge in [0.05, 0.1) is 19.3 Å². The van der Waals surface area contributed by atoms with Crippen molar-refractivity contribution in [1.82, 2.24) is 4.90 Å². The molecule has 0 saturated carbocycles. The first kappa shape index (κ1) is 14.3. The zero-order chi connectivity index (χ0) is 13.8. The molecule has 0 aliphatic carbocycles. The lowest BCUT2D eigenvalue weighted by Crippen LogP contribution is -2.39. The summed E-state index contributed by atoms with van der Waals surface area (Å²) in [5.41, 5.74) is 0.887. The molecule has 0 amide bonds. The molecule has 4 nitrogen and oxygen atoms in total. The molecule has 1 saturated heterocycles. The van der Waals surface area contributed by atoms with Crippen molar-refractivity contribution in [1.29, 1.82) is 0 Å². The zero-order valence-electron chi connectivity index (χ0n) is 11.9. The van der Waals surface area contributed by atoms with E-state index in [9.17, 15) is 5.11 Å². The van der Waals surface area contributed by atoms with E-state index in [-0.39, 0.29) is 6.10 Å². The summed E-state index contributed by atoms with van der Waals surface area (Å²) in [6.45, 7) is 3.50. The van der Waals surface area contributed by atoms with Gasteiger partial charge >= 0.3 is 0 Å². The molecule has 4 heteroatoms. The minimum Gasteiger partial charge on any atom is -0.497 e. The maximum atomic E-state index is 10.3. The number of hydrogen-bond acceptors (Lipinski definition) is 4. The van der Waals surface area contributed by atoms with Crippen LogP contribution in [-0.2, 0) is 4.74 Å². The third-order valence-corrected chi connectivity index (χ3v) is 3.84. The Morgan fingerprint density at radius 2 is 2.32 bits per heavy atom. The summed E-state index contributed by atoms with van der Waals surface area (Å²) in [7, 11) is 3.68. The molecule has 3 atom stereocenters. The second-order valence-electron chi connectivity index (χ2n) is 5.16. The van der Waals surface area contributed by atoms with Gasteiger partial charge in [0.1, 0.15) is 5.75 Å². The Labute approximate surface area is 114 Å². The Morgan fingerprint density at radius 1 is 1.53 bits per heavy atom. The lowest BCUT2D eigenvalue weighted by atomic mass is 10.1. The van der Waals surface area contributed by atoms with Crippen molar-refractivity contribution in [2.75, 3.05) is 27.3 Å². The number of benzene rings is 1. The predicted octanol–water partition coefficient (Wildman–Crippen LogP) is 1.84. The largest absolute Gasteiger partial charge is 0.497 e. The molecule has 0 bridgehead atoms. The van der Waals surface area contributed by atoms with Crippen LogP contribution in [0.2, 0.25) is 0 Å². The smallest absolute Gasteiger partial charge is 0.119 e. The maximum Gasteiger partial charge on any atom is 0.119 e. The fraction of sp³-hybridized carbons (Fsp3) is 0.600. The fourth-order valence-electron chi connectivity index (χ4n) is 2.66. The molecule has 1 N–H and O–H groups in total. The zero-order valence-corrected chi connectivity index (χ0v) is 11.9. The van der Waals surface area contributed by atoms with Crippen molar-refractivity contribution in [2.24, 2.45) is 0 Å². The minimum absolute atomic E-state index is 0.238. The van der Waals surface area contributed by atoms with Crippen LogP contribution in [0, 0.1) is 0 Å². The number of likely N-dealkylation sites (N-methyl/N-ethyl adjacent to an activating group) is 1. The molecule has 1 aliphatic heterocycles. The monoisotopic (exact) mass is 265 g/mol. The summed E-state index contributed by atoms with van der Waals surface area (Å²) in [6, 6.07) is 7.98. The van der Waals surface area contributed by atoms with Crippen molar-refractivity contribution in [3.05, 3.63) is 29.8 Å². The van der Waals surface area contributed by atoms with Crippen molar-refractivity contribution in [3.8, 4) is 5.75 Å². The second-order valence-corrected chi connectivity index (χ2v) is 5.16. The van der Waals surface area contributed by atoms with Crippen LogP contribution in [0.5, 0.6) is 5.75 Å². The Balaban J connectivity index is 1.97. The van der Waals surface area contributed by atoms with Gasteiger partial charge < -0.3 is 14.6 Å². The average molecular weight is 265 g/mol. The molecule has 1 aromatic rings. The molecule has 3 unspecified atom stereocenters. The summed E-state index contributed by atoms with van der Waals surface area (Å²) >= 11 is 0. The van der Waals surface area contributed by atoms with E-state index in [4.69, 9.17) is 9.47 Å².